The predicted octanol–water partition coefficient (Wildman–Crippen LogP) is 3.14. The van der Waals surface area contributed by atoms with Gasteiger partial charge in [-0.3, -0.25) is 4.79 Å². The number of rotatable bonds is 10. The van der Waals surface area contributed by atoms with Crippen molar-refractivity contribution in [3.8, 4) is 5.75 Å². The molecule has 0 aromatic heterocycles. The maximum atomic E-state index is 13.4. The molecule has 7 heteroatoms. The number of hydrogen-bond donors (Lipinski definition) is 3. The number of nitrogens with zero attached hydrogens (tertiary/aromatic N) is 1. The molecule has 1 atom stereocenters. The minimum Gasteiger partial charge on any atom is -0.488 e. The zero-order valence-electron chi connectivity index (χ0n) is 17.9. The number of benzene rings is 2. The smallest absolute Gasteiger partial charge is 0.251 e. The van der Waals surface area contributed by atoms with Crippen LogP contribution in [-0.2, 0) is 6.42 Å². The number of ether oxygens (including phenoxy) is 1. The van der Waals surface area contributed by atoms with Gasteiger partial charge in [0.1, 0.15) is 17.7 Å². The quantitative estimate of drug-likeness (QED) is 0.412. The first kappa shape index (κ1) is 23.2. The van der Waals surface area contributed by atoms with Gasteiger partial charge in [-0.15, -0.1) is 0 Å². The molecule has 3 N–H and O–H groups in total. The van der Waals surface area contributed by atoms with Crippen LogP contribution in [0.15, 0.2) is 53.5 Å². The summed E-state index contributed by atoms with van der Waals surface area (Å²) in [6.07, 6.45) is 1.37. The van der Waals surface area contributed by atoms with Crippen LogP contribution in [0.5, 0.6) is 5.75 Å². The molecule has 2 aromatic carbocycles. The van der Waals surface area contributed by atoms with Crippen LogP contribution < -0.4 is 20.7 Å². The SMILES string of the molecule is CCNC(=NCC(CC)Oc1cccc(F)c1)NCCc1cccc(C(=O)NC)c1. The van der Waals surface area contributed by atoms with Crippen LogP contribution in [0.25, 0.3) is 0 Å². The predicted molar refractivity (Wildman–Crippen MR) is 119 cm³/mol. The van der Waals surface area contributed by atoms with Gasteiger partial charge >= 0.3 is 0 Å². The molecule has 0 aliphatic heterocycles. The molecule has 0 heterocycles. The van der Waals surface area contributed by atoms with Crippen LogP contribution in [0.4, 0.5) is 4.39 Å². The van der Waals surface area contributed by atoms with Crippen molar-refractivity contribution < 1.29 is 13.9 Å². The Morgan fingerprint density at radius 1 is 1.13 bits per heavy atom. The number of carbonyl (C=O) groups excluding carboxylic acids is 1. The van der Waals surface area contributed by atoms with Crippen molar-refractivity contribution in [1.29, 1.82) is 0 Å². The van der Waals surface area contributed by atoms with E-state index in [1.165, 1.54) is 12.1 Å². The van der Waals surface area contributed by atoms with Crippen molar-refractivity contribution in [2.45, 2.75) is 32.8 Å². The molecule has 0 radical (unpaired) electrons. The minimum absolute atomic E-state index is 0.0939. The Kier molecular flexibility index (Phi) is 9.64. The normalized spacial score (nSPS) is 12.2. The number of guanidine groups is 1. The molecule has 1 unspecified atom stereocenters. The van der Waals surface area contributed by atoms with Gasteiger partial charge in [0, 0.05) is 31.8 Å². The molecule has 6 nitrogen and oxygen atoms in total. The molecule has 0 spiro atoms. The van der Waals surface area contributed by atoms with Crippen LogP contribution in [0, 0.1) is 5.82 Å². The fourth-order valence-electron chi connectivity index (χ4n) is 2.85. The van der Waals surface area contributed by atoms with Crippen LogP contribution >= 0.6 is 0 Å². The molecule has 0 bridgehead atoms. The van der Waals surface area contributed by atoms with Crippen LogP contribution in [0.2, 0.25) is 0 Å². The van der Waals surface area contributed by atoms with Crippen molar-refractivity contribution in [2.24, 2.45) is 4.99 Å². The lowest BCUT2D eigenvalue weighted by Crippen LogP contribution is -2.39. The van der Waals surface area contributed by atoms with Gasteiger partial charge in [0.2, 0.25) is 0 Å². The molecule has 0 fully saturated rings. The molecule has 162 valence electrons. The molecule has 2 aromatic rings. The highest BCUT2D eigenvalue weighted by molar-refractivity contribution is 5.94. The van der Waals surface area contributed by atoms with Crippen molar-refractivity contribution in [3.05, 3.63) is 65.5 Å². The van der Waals surface area contributed by atoms with Gasteiger partial charge in [-0.1, -0.05) is 25.1 Å². The summed E-state index contributed by atoms with van der Waals surface area (Å²) in [5.41, 5.74) is 1.72. The van der Waals surface area contributed by atoms with Gasteiger partial charge in [-0.25, -0.2) is 9.38 Å². The van der Waals surface area contributed by atoms with E-state index < -0.39 is 0 Å². The molecule has 1 amide bonds. The summed E-state index contributed by atoms with van der Waals surface area (Å²) in [5.74, 6) is 0.789. The fourth-order valence-corrected chi connectivity index (χ4v) is 2.85. The Bertz CT molecular complexity index is 841. The lowest BCUT2D eigenvalue weighted by atomic mass is 10.1. The summed E-state index contributed by atoms with van der Waals surface area (Å²) in [6.45, 7) is 5.88. The Morgan fingerprint density at radius 3 is 2.63 bits per heavy atom. The zero-order chi connectivity index (χ0) is 21.8. The molecule has 30 heavy (non-hydrogen) atoms. The largest absolute Gasteiger partial charge is 0.488 e. The van der Waals surface area contributed by atoms with Gasteiger partial charge in [0.05, 0.1) is 6.54 Å². The molecule has 0 saturated heterocycles. The highest BCUT2D eigenvalue weighted by Gasteiger charge is 2.09. The monoisotopic (exact) mass is 414 g/mol. The highest BCUT2D eigenvalue weighted by atomic mass is 19.1. The Morgan fingerprint density at radius 2 is 1.93 bits per heavy atom. The number of carbonyl (C=O) groups is 1. The summed E-state index contributed by atoms with van der Waals surface area (Å²) in [4.78, 5) is 16.4. The first-order valence-electron chi connectivity index (χ1n) is 10.3. The number of aliphatic imine (C=N–C) groups is 1. The van der Waals surface area contributed by atoms with Gasteiger partial charge < -0.3 is 20.7 Å². The van der Waals surface area contributed by atoms with E-state index in [0.29, 0.717) is 30.4 Å². The minimum atomic E-state index is -0.318. The van der Waals surface area contributed by atoms with Gasteiger partial charge in [-0.2, -0.15) is 0 Å². The Hall–Kier alpha value is -3.09. The average molecular weight is 415 g/mol. The maximum absolute atomic E-state index is 13.4. The molecular weight excluding hydrogens is 383 g/mol. The number of hydrogen-bond acceptors (Lipinski definition) is 3. The Labute approximate surface area is 177 Å². The molecule has 0 aliphatic rings. The number of halogens is 1. The second-order valence-corrected chi connectivity index (χ2v) is 6.78. The standard InChI is InChI=1S/C23H31FN4O2/c1-4-20(30-21-11-7-10-19(24)15-21)16-28-23(26-5-2)27-13-12-17-8-6-9-18(14-17)22(29)25-3/h6-11,14-15,20H,4-5,12-13,16H2,1-3H3,(H,25,29)(H2,26,27,28). The van der Waals surface area contributed by atoms with E-state index in [2.05, 4.69) is 20.9 Å². The second-order valence-electron chi connectivity index (χ2n) is 6.78. The molecular formula is C23H31FN4O2. The zero-order valence-corrected chi connectivity index (χ0v) is 17.9. The van der Waals surface area contributed by atoms with Gasteiger partial charge in [0.15, 0.2) is 5.96 Å². The van der Waals surface area contributed by atoms with Crippen molar-refractivity contribution >= 4 is 11.9 Å². The summed E-state index contributed by atoms with van der Waals surface area (Å²) in [5, 5.41) is 9.16. The van der Waals surface area contributed by atoms with Crippen LogP contribution in [0.3, 0.4) is 0 Å². The van der Waals surface area contributed by atoms with Crippen LogP contribution in [-0.4, -0.2) is 44.7 Å². The third-order valence-electron chi connectivity index (χ3n) is 4.47. The fraction of sp³-hybridized carbons (Fsp3) is 0.391. The molecule has 2 rings (SSSR count). The summed E-state index contributed by atoms with van der Waals surface area (Å²) in [7, 11) is 1.62. The first-order valence-corrected chi connectivity index (χ1v) is 10.3. The van der Waals surface area contributed by atoms with Crippen molar-refractivity contribution in [1.82, 2.24) is 16.0 Å². The average Bonchev–Trinajstić information content (AvgIpc) is 2.76. The summed E-state index contributed by atoms with van der Waals surface area (Å²) >= 11 is 0. The third kappa shape index (κ3) is 7.73. The summed E-state index contributed by atoms with van der Waals surface area (Å²) in [6, 6.07) is 13.7. The Balaban J connectivity index is 1.91. The first-order chi connectivity index (χ1) is 14.5. The third-order valence-corrected chi connectivity index (χ3v) is 4.47. The van der Waals surface area contributed by atoms with Gasteiger partial charge in [-0.05, 0) is 49.6 Å². The number of nitrogens with one attached hydrogen (secondary N) is 3. The topological polar surface area (TPSA) is 74.8 Å². The highest BCUT2D eigenvalue weighted by Crippen LogP contribution is 2.15. The molecule has 0 saturated carbocycles. The van der Waals surface area contributed by atoms with E-state index in [1.54, 1.807) is 25.2 Å². The molecule has 0 aliphatic carbocycles. The lowest BCUT2D eigenvalue weighted by molar-refractivity contribution is 0.0963. The van der Waals surface area contributed by atoms with E-state index in [0.717, 1.165) is 24.9 Å². The summed E-state index contributed by atoms with van der Waals surface area (Å²) < 4.78 is 19.2. The van der Waals surface area contributed by atoms with E-state index in [9.17, 15) is 9.18 Å². The second kappa shape index (κ2) is 12.5. The van der Waals surface area contributed by atoms with Gasteiger partial charge in [0.25, 0.3) is 5.91 Å². The maximum Gasteiger partial charge on any atom is 0.251 e. The number of amides is 1. The van der Waals surface area contributed by atoms with E-state index in [-0.39, 0.29) is 17.8 Å². The lowest BCUT2D eigenvalue weighted by Gasteiger charge is -2.17. The van der Waals surface area contributed by atoms with Crippen molar-refractivity contribution in [3.63, 3.8) is 0 Å². The van der Waals surface area contributed by atoms with Crippen molar-refractivity contribution in [2.75, 3.05) is 26.7 Å². The van der Waals surface area contributed by atoms with E-state index in [1.807, 2.05) is 32.0 Å². The van der Waals surface area contributed by atoms with Crippen LogP contribution in [0.1, 0.15) is 36.2 Å². The van der Waals surface area contributed by atoms with E-state index in [4.69, 9.17) is 4.74 Å². The van der Waals surface area contributed by atoms with E-state index >= 15 is 0 Å².